The number of carbonyl (C=O) groups excluding carboxylic acids is 1. The zero-order valence-corrected chi connectivity index (χ0v) is 12.1. The Kier molecular flexibility index (Phi) is 4.07. The summed E-state index contributed by atoms with van der Waals surface area (Å²) in [6, 6.07) is 4.76. The number of allylic oxidation sites excluding steroid dienone is 1. The van der Waals surface area contributed by atoms with Crippen LogP contribution in [0.4, 0.5) is 4.39 Å². The van der Waals surface area contributed by atoms with E-state index in [0.29, 0.717) is 28.7 Å². The number of hydrogen-bond donors (Lipinski definition) is 0. The highest BCUT2D eigenvalue weighted by molar-refractivity contribution is 9.10. The summed E-state index contributed by atoms with van der Waals surface area (Å²) in [6.45, 7) is 2.31. The number of hydrogen-bond acceptors (Lipinski definition) is 1. The Labute approximate surface area is 119 Å². The predicted octanol–water partition coefficient (Wildman–Crippen LogP) is 3.79. The molecular weight excluding hydrogens is 321 g/mol. The van der Waals surface area contributed by atoms with Crippen molar-refractivity contribution in [1.82, 2.24) is 4.90 Å². The van der Waals surface area contributed by atoms with Gasteiger partial charge in [-0.05, 0) is 41.4 Å². The largest absolute Gasteiger partial charge is 0.311 e. The van der Waals surface area contributed by atoms with Gasteiger partial charge in [0.15, 0.2) is 0 Å². The summed E-state index contributed by atoms with van der Waals surface area (Å²) in [5.41, 5.74) is 1.00. The van der Waals surface area contributed by atoms with Crippen LogP contribution in [0.1, 0.15) is 18.9 Å². The Morgan fingerprint density at radius 3 is 2.89 bits per heavy atom. The van der Waals surface area contributed by atoms with Gasteiger partial charge < -0.3 is 4.90 Å². The van der Waals surface area contributed by atoms with Crippen LogP contribution >= 0.6 is 27.5 Å². The first kappa shape index (κ1) is 13.6. The van der Waals surface area contributed by atoms with Gasteiger partial charge in [-0.2, -0.15) is 0 Å². The minimum absolute atomic E-state index is 0.174. The standard InChI is InChI=1S/C13H12BrClFNO/c1-2-17-11(7-6-9(15)13(17)18)12-8(14)4-3-5-10(12)16/h3-5,7,9H,2,6H2,1H3. The summed E-state index contributed by atoms with van der Waals surface area (Å²) < 4.78 is 14.6. The molecular formula is C13H12BrClFNO. The number of amides is 1. The first-order valence-corrected chi connectivity index (χ1v) is 6.89. The van der Waals surface area contributed by atoms with Gasteiger partial charge >= 0.3 is 0 Å². The van der Waals surface area contributed by atoms with Crippen LogP contribution in [0.2, 0.25) is 0 Å². The molecule has 2 nitrogen and oxygen atoms in total. The first-order valence-electron chi connectivity index (χ1n) is 5.66. The summed E-state index contributed by atoms with van der Waals surface area (Å²) in [4.78, 5) is 13.5. The lowest BCUT2D eigenvalue weighted by atomic mass is 10.0. The van der Waals surface area contributed by atoms with E-state index in [2.05, 4.69) is 15.9 Å². The van der Waals surface area contributed by atoms with Crippen LogP contribution in [0.3, 0.4) is 0 Å². The van der Waals surface area contributed by atoms with E-state index in [1.54, 1.807) is 12.1 Å². The molecule has 1 aliphatic heterocycles. The van der Waals surface area contributed by atoms with E-state index in [9.17, 15) is 9.18 Å². The van der Waals surface area contributed by atoms with E-state index in [1.165, 1.54) is 11.0 Å². The Morgan fingerprint density at radius 1 is 1.56 bits per heavy atom. The second kappa shape index (κ2) is 5.41. The average molecular weight is 333 g/mol. The SMILES string of the molecule is CCN1C(=O)C(Cl)CC=C1c1c(F)cccc1Br. The van der Waals surface area contributed by atoms with Crippen molar-refractivity contribution >= 4 is 39.1 Å². The molecule has 0 N–H and O–H groups in total. The van der Waals surface area contributed by atoms with Gasteiger partial charge in [0.2, 0.25) is 5.91 Å². The molecule has 1 heterocycles. The van der Waals surface area contributed by atoms with Crippen molar-refractivity contribution < 1.29 is 9.18 Å². The normalized spacial score (nSPS) is 20.0. The number of halogens is 3. The molecule has 1 aromatic carbocycles. The maximum absolute atomic E-state index is 13.9. The molecule has 5 heteroatoms. The third-order valence-electron chi connectivity index (χ3n) is 2.88. The Hall–Kier alpha value is -0.870. The second-order valence-electron chi connectivity index (χ2n) is 3.97. The van der Waals surface area contributed by atoms with Crippen LogP contribution in [0.25, 0.3) is 5.70 Å². The van der Waals surface area contributed by atoms with Crippen molar-refractivity contribution in [2.24, 2.45) is 0 Å². The van der Waals surface area contributed by atoms with Crippen molar-refractivity contribution in [3.8, 4) is 0 Å². The highest BCUT2D eigenvalue weighted by Gasteiger charge is 2.30. The third-order valence-corrected chi connectivity index (χ3v) is 3.90. The van der Waals surface area contributed by atoms with Crippen molar-refractivity contribution in [2.45, 2.75) is 18.7 Å². The predicted molar refractivity (Wildman–Crippen MR) is 73.7 cm³/mol. The van der Waals surface area contributed by atoms with Crippen LogP contribution in [-0.2, 0) is 4.79 Å². The Bertz CT molecular complexity index is 497. The molecule has 96 valence electrons. The number of benzene rings is 1. The van der Waals surface area contributed by atoms with Crippen molar-refractivity contribution in [3.63, 3.8) is 0 Å². The fourth-order valence-electron chi connectivity index (χ4n) is 2.02. The molecule has 0 radical (unpaired) electrons. The minimum Gasteiger partial charge on any atom is -0.311 e. The van der Waals surface area contributed by atoms with E-state index >= 15 is 0 Å². The molecule has 1 atom stereocenters. The van der Waals surface area contributed by atoms with Gasteiger partial charge in [0.05, 0.1) is 5.70 Å². The smallest absolute Gasteiger partial charge is 0.245 e. The molecule has 0 spiro atoms. The van der Waals surface area contributed by atoms with Crippen molar-refractivity contribution in [1.29, 1.82) is 0 Å². The van der Waals surface area contributed by atoms with Crippen LogP contribution in [0, 0.1) is 5.82 Å². The van der Waals surface area contributed by atoms with Gasteiger partial charge in [-0.15, -0.1) is 11.6 Å². The molecule has 1 aliphatic rings. The monoisotopic (exact) mass is 331 g/mol. The molecule has 1 unspecified atom stereocenters. The summed E-state index contributed by atoms with van der Waals surface area (Å²) in [5.74, 6) is -0.526. The molecule has 1 amide bonds. The summed E-state index contributed by atoms with van der Waals surface area (Å²) in [6.07, 6.45) is 2.23. The Morgan fingerprint density at radius 2 is 2.28 bits per heavy atom. The molecule has 0 aliphatic carbocycles. The topological polar surface area (TPSA) is 20.3 Å². The molecule has 0 fully saturated rings. The van der Waals surface area contributed by atoms with Gasteiger partial charge in [-0.3, -0.25) is 4.79 Å². The lowest BCUT2D eigenvalue weighted by Crippen LogP contribution is -2.38. The number of nitrogens with zero attached hydrogens (tertiary/aromatic N) is 1. The highest BCUT2D eigenvalue weighted by atomic mass is 79.9. The van der Waals surface area contributed by atoms with Crippen LogP contribution < -0.4 is 0 Å². The molecule has 1 aromatic rings. The summed E-state index contributed by atoms with van der Waals surface area (Å²) in [7, 11) is 0. The number of alkyl halides is 1. The zero-order valence-electron chi connectivity index (χ0n) is 9.79. The third kappa shape index (κ3) is 2.31. The maximum Gasteiger partial charge on any atom is 0.245 e. The molecule has 0 aromatic heterocycles. The van der Waals surface area contributed by atoms with Gasteiger partial charge in [0.1, 0.15) is 11.2 Å². The van der Waals surface area contributed by atoms with Gasteiger partial charge in [-0.1, -0.05) is 12.1 Å². The lowest BCUT2D eigenvalue weighted by Gasteiger charge is -2.30. The highest BCUT2D eigenvalue weighted by Crippen LogP contribution is 2.33. The molecule has 0 bridgehead atoms. The van der Waals surface area contributed by atoms with E-state index in [4.69, 9.17) is 11.6 Å². The molecule has 18 heavy (non-hydrogen) atoms. The van der Waals surface area contributed by atoms with Gasteiger partial charge in [-0.25, -0.2) is 4.39 Å². The summed E-state index contributed by atoms with van der Waals surface area (Å²) in [5, 5.41) is -0.556. The maximum atomic E-state index is 13.9. The first-order chi connectivity index (χ1) is 8.56. The van der Waals surface area contributed by atoms with Crippen LogP contribution in [0.5, 0.6) is 0 Å². The van der Waals surface area contributed by atoms with Crippen LogP contribution in [-0.4, -0.2) is 22.7 Å². The summed E-state index contributed by atoms with van der Waals surface area (Å²) >= 11 is 9.25. The quantitative estimate of drug-likeness (QED) is 0.755. The van der Waals surface area contributed by atoms with Crippen molar-refractivity contribution in [2.75, 3.05) is 6.54 Å². The number of rotatable bonds is 2. The van der Waals surface area contributed by atoms with E-state index in [1.807, 2.05) is 13.0 Å². The average Bonchev–Trinajstić information content (AvgIpc) is 2.33. The number of carbonyl (C=O) groups is 1. The fourth-order valence-corrected chi connectivity index (χ4v) is 2.77. The van der Waals surface area contributed by atoms with E-state index in [-0.39, 0.29) is 11.7 Å². The Balaban J connectivity index is 2.52. The molecule has 2 rings (SSSR count). The minimum atomic E-state index is -0.556. The van der Waals surface area contributed by atoms with Crippen LogP contribution in [0.15, 0.2) is 28.7 Å². The molecule has 0 saturated carbocycles. The van der Waals surface area contributed by atoms with Gasteiger partial charge in [0, 0.05) is 16.6 Å². The van der Waals surface area contributed by atoms with Gasteiger partial charge in [0.25, 0.3) is 0 Å². The van der Waals surface area contributed by atoms with Crippen molar-refractivity contribution in [3.05, 3.63) is 40.1 Å². The fraction of sp³-hybridized carbons (Fsp3) is 0.308. The molecule has 0 saturated heterocycles. The zero-order chi connectivity index (χ0) is 13.3. The lowest BCUT2D eigenvalue weighted by molar-refractivity contribution is -0.127. The second-order valence-corrected chi connectivity index (χ2v) is 5.35. The van der Waals surface area contributed by atoms with E-state index in [0.717, 1.165) is 0 Å². The van der Waals surface area contributed by atoms with E-state index < -0.39 is 5.38 Å².